The minimum absolute atomic E-state index is 0.223. The molecule has 3 nitrogen and oxygen atoms in total. The molecule has 1 aromatic carbocycles. The summed E-state index contributed by atoms with van der Waals surface area (Å²) in [4.78, 5) is 0. The summed E-state index contributed by atoms with van der Waals surface area (Å²) in [5, 5.41) is 12.9. The fourth-order valence-corrected chi connectivity index (χ4v) is 2.47. The van der Waals surface area contributed by atoms with Crippen LogP contribution in [0.4, 0.5) is 10.1 Å². The molecule has 2 unspecified atom stereocenters. The highest BCUT2D eigenvalue weighted by Crippen LogP contribution is 2.32. The molecule has 1 fully saturated rings. The van der Waals surface area contributed by atoms with E-state index in [0.717, 1.165) is 0 Å². The van der Waals surface area contributed by atoms with Gasteiger partial charge in [-0.2, -0.15) is 0 Å². The van der Waals surface area contributed by atoms with Crippen molar-refractivity contribution < 1.29 is 14.2 Å². The molecule has 2 N–H and O–H groups in total. The fourth-order valence-electron chi connectivity index (χ4n) is 1.55. The minimum atomic E-state index is -0.576. The molecule has 1 aromatic rings. The first kappa shape index (κ1) is 12.1. The van der Waals surface area contributed by atoms with Crippen LogP contribution in [0.1, 0.15) is 0 Å². The molecule has 0 saturated carbocycles. The van der Waals surface area contributed by atoms with E-state index in [4.69, 9.17) is 16.3 Å². The number of halogens is 3. The number of rotatable bonds is 2. The second kappa shape index (κ2) is 4.87. The zero-order valence-corrected chi connectivity index (χ0v) is 10.6. The molecule has 2 rings (SSSR count). The predicted molar refractivity (Wildman–Crippen MR) is 63.3 cm³/mol. The van der Waals surface area contributed by atoms with Gasteiger partial charge >= 0.3 is 0 Å². The maximum atomic E-state index is 13.0. The molecule has 0 bridgehead atoms. The van der Waals surface area contributed by atoms with Crippen molar-refractivity contribution >= 4 is 33.2 Å². The molecule has 0 aromatic heterocycles. The van der Waals surface area contributed by atoms with Crippen molar-refractivity contribution in [2.24, 2.45) is 0 Å². The van der Waals surface area contributed by atoms with Crippen LogP contribution >= 0.6 is 27.5 Å². The van der Waals surface area contributed by atoms with Crippen molar-refractivity contribution in [1.29, 1.82) is 0 Å². The van der Waals surface area contributed by atoms with E-state index in [-0.39, 0.29) is 11.1 Å². The van der Waals surface area contributed by atoms with Gasteiger partial charge in [-0.05, 0) is 28.1 Å². The molecule has 1 saturated heterocycles. The summed E-state index contributed by atoms with van der Waals surface area (Å²) in [6.45, 7) is 0.704. The summed E-state index contributed by atoms with van der Waals surface area (Å²) < 4.78 is 18.6. The maximum Gasteiger partial charge on any atom is 0.125 e. The zero-order chi connectivity index (χ0) is 11.7. The highest BCUT2D eigenvalue weighted by atomic mass is 79.9. The summed E-state index contributed by atoms with van der Waals surface area (Å²) in [5.74, 6) is -0.411. The van der Waals surface area contributed by atoms with Crippen LogP contribution < -0.4 is 5.32 Å². The van der Waals surface area contributed by atoms with Gasteiger partial charge in [-0.15, -0.1) is 0 Å². The van der Waals surface area contributed by atoms with Gasteiger partial charge in [0.1, 0.15) is 5.82 Å². The lowest BCUT2D eigenvalue weighted by molar-refractivity contribution is 0.125. The molecule has 16 heavy (non-hydrogen) atoms. The molecule has 1 aliphatic rings. The SMILES string of the molecule is OC1COCC1Nc1c(Cl)cc(F)cc1Br. The molecule has 88 valence electrons. The van der Waals surface area contributed by atoms with Gasteiger partial charge in [0.25, 0.3) is 0 Å². The van der Waals surface area contributed by atoms with Gasteiger partial charge in [0.15, 0.2) is 0 Å². The van der Waals surface area contributed by atoms with Gasteiger partial charge in [-0.3, -0.25) is 0 Å². The Morgan fingerprint density at radius 3 is 2.81 bits per heavy atom. The fraction of sp³-hybridized carbons (Fsp3) is 0.400. The number of aliphatic hydroxyl groups excluding tert-OH is 1. The van der Waals surface area contributed by atoms with E-state index < -0.39 is 11.9 Å². The number of benzene rings is 1. The first-order valence-corrected chi connectivity index (χ1v) is 5.92. The highest BCUT2D eigenvalue weighted by molar-refractivity contribution is 9.10. The molecule has 2 atom stereocenters. The van der Waals surface area contributed by atoms with E-state index in [2.05, 4.69) is 21.2 Å². The van der Waals surface area contributed by atoms with E-state index in [1.54, 1.807) is 0 Å². The smallest absolute Gasteiger partial charge is 0.125 e. The Balaban J connectivity index is 2.21. The Bertz CT molecular complexity index is 381. The molecule has 0 amide bonds. The van der Waals surface area contributed by atoms with E-state index >= 15 is 0 Å². The Morgan fingerprint density at radius 2 is 2.25 bits per heavy atom. The third-order valence-electron chi connectivity index (χ3n) is 2.39. The lowest BCUT2D eigenvalue weighted by atomic mass is 10.2. The van der Waals surface area contributed by atoms with Gasteiger partial charge in [0.05, 0.1) is 36.1 Å². The van der Waals surface area contributed by atoms with E-state index in [1.165, 1.54) is 12.1 Å². The van der Waals surface area contributed by atoms with Gasteiger partial charge in [-0.25, -0.2) is 4.39 Å². The van der Waals surface area contributed by atoms with Gasteiger partial charge < -0.3 is 15.2 Å². The normalized spacial score (nSPS) is 24.8. The van der Waals surface area contributed by atoms with Gasteiger partial charge in [0, 0.05) is 4.47 Å². The van der Waals surface area contributed by atoms with Crippen LogP contribution in [0.5, 0.6) is 0 Å². The molecule has 0 aliphatic carbocycles. The molecule has 6 heteroatoms. The standard InChI is InChI=1S/C10H10BrClFNO2/c11-6-1-5(13)2-7(12)10(6)14-8-3-16-4-9(8)15/h1-2,8-9,14-15H,3-4H2. The van der Waals surface area contributed by atoms with Crippen molar-refractivity contribution in [3.05, 3.63) is 27.4 Å². The van der Waals surface area contributed by atoms with Crippen molar-refractivity contribution in [3.8, 4) is 0 Å². The third-order valence-corrected chi connectivity index (χ3v) is 3.31. The Hall–Kier alpha value is -0.360. The van der Waals surface area contributed by atoms with Crippen LogP contribution in [0.25, 0.3) is 0 Å². The second-order valence-corrected chi connectivity index (χ2v) is 4.86. The largest absolute Gasteiger partial charge is 0.388 e. The van der Waals surface area contributed by atoms with Crippen molar-refractivity contribution in [2.75, 3.05) is 18.5 Å². The van der Waals surface area contributed by atoms with Crippen LogP contribution in [0, 0.1) is 5.82 Å². The number of ether oxygens (including phenoxy) is 1. The maximum absolute atomic E-state index is 13.0. The van der Waals surface area contributed by atoms with Crippen molar-refractivity contribution in [2.45, 2.75) is 12.1 Å². The van der Waals surface area contributed by atoms with E-state index in [0.29, 0.717) is 23.4 Å². The summed E-state index contributed by atoms with van der Waals surface area (Å²) in [6.07, 6.45) is -0.576. The molecule has 1 aliphatic heterocycles. The molecular formula is C10H10BrClFNO2. The van der Waals surface area contributed by atoms with Crippen LogP contribution in [-0.4, -0.2) is 30.5 Å². The molecular weight excluding hydrogens is 300 g/mol. The summed E-state index contributed by atoms with van der Waals surface area (Å²) in [6, 6.07) is 2.31. The Labute approximate surface area is 106 Å². The van der Waals surface area contributed by atoms with Crippen LogP contribution in [0.3, 0.4) is 0 Å². The van der Waals surface area contributed by atoms with Crippen LogP contribution in [0.2, 0.25) is 5.02 Å². The first-order valence-electron chi connectivity index (χ1n) is 4.75. The number of hydrogen-bond acceptors (Lipinski definition) is 3. The summed E-state index contributed by atoms with van der Waals surface area (Å²) in [7, 11) is 0. The van der Waals surface area contributed by atoms with E-state index in [9.17, 15) is 9.50 Å². The molecule has 0 radical (unpaired) electrons. The van der Waals surface area contributed by atoms with Crippen molar-refractivity contribution in [1.82, 2.24) is 0 Å². The zero-order valence-electron chi connectivity index (χ0n) is 8.21. The first-order chi connectivity index (χ1) is 7.58. The lowest BCUT2D eigenvalue weighted by Crippen LogP contribution is -2.32. The van der Waals surface area contributed by atoms with Crippen molar-refractivity contribution in [3.63, 3.8) is 0 Å². The lowest BCUT2D eigenvalue weighted by Gasteiger charge is -2.18. The number of aliphatic hydroxyl groups is 1. The third kappa shape index (κ3) is 2.48. The predicted octanol–water partition coefficient (Wildman–Crippen LogP) is 2.41. The second-order valence-electron chi connectivity index (χ2n) is 3.60. The minimum Gasteiger partial charge on any atom is -0.388 e. The summed E-state index contributed by atoms with van der Waals surface area (Å²) >= 11 is 9.12. The molecule has 0 spiro atoms. The number of nitrogens with one attached hydrogen (secondary N) is 1. The van der Waals surface area contributed by atoms with Crippen LogP contribution in [-0.2, 0) is 4.74 Å². The average molecular weight is 311 g/mol. The number of anilines is 1. The molecule has 1 heterocycles. The average Bonchev–Trinajstić information content (AvgIpc) is 2.57. The topological polar surface area (TPSA) is 41.5 Å². The van der Waals surface area contributed by atoms with Crippen LogP contribution in [0.15, 0.2) is 16.6 Å². The highest BCUT2D eigenvalue weighted by Gasteiger charge is 2.27. The van der Waals surface area contributed by atoms with E-state index in [1.807, 2.05) is 0 Å². The van der Waals surface area contributed by atoms with Gasteiger partial charge in [0.2, 0.25) is 0 Å². The quantitative estimate of drug-likeness (QED) is 0.881. The summed E-state index contributed by atoms with van der Waals surface area (Å²) in [5.41, 5.74) is 0.567. The Morgan fingerprint density at radius 1 is 1.50 bits per heavy atom. The Kier molecular flexibility index (Phi) is 3.69. The van der Waals surface area contributed by atoms with Gasteiger partial charge in [-0.1, -0.05) is 11.6 Å². The monoisotopic (exact) mass is 309 g/mol. The number of hydrogen-bond donors (Lipinski definition) is 2.